The maximum atomic E-state index is 12.3. The molecule has 1 aromatic carbocycles. The van der Waals surface area contributed by atoms with E-state index in [0.717, 1.165) is 31.7 Å². The maximum Gasteiger partial charge on any atom is 0.153 e. The minimum absolute atomic E-state index is 0.0719. The molecule has 0 radical (unpaired) electrons. The van der Waals surface area contributed by atoms with Crippen molar-refractivity contribution in [3.8, 4) is 0 Å². The van der Waals surface area contributed by atoms with Crippen LogP contribution in [0.3, 0.4) is 0 Å². The molecule has 0 unspecified atom stereocenters. The topological polar surface area (TPSA) is 53.5 Å². The summed E-state index contributed by atoms with van der Waals surface area (Å²) in [5.74, 6) is 0.539. The summed E-state index contributed by atoms with van der Waals surface area (Å²) >= 11 is 0. The highest BCUT2D eigenvalue weighted by atomic mass is 32.2. The minimum Gasteiger partial charge on any atom is -0.292 e. The van der Waals surface area contributed by atoms with Crippen LogP contribution >= 0.6 is 0 Å². The highest BCUT2D eigenvalue weighted by Crippen LogP contribution is 2.29. The number of benzene rings is 1. The van der Waals surface area contributed by atoms with Gasteiger partial charge in [-0.3, -0.25) is 14.8 Å². The zero-order valence-electron chi connectivity index (χ0n) is 14.2. The quantitative estimate of drug-likeness (QED) is 0.831. The summed E-state index contributed by atoms with van der Waals surface area (Å²) < 4.78 is 24.7. The van der Waals surface area contributed by atoms with E-state index >= 15 is 0 Å². The van der Waals surface area contributed by atoms with Crippen molar-refractivity contribution in [1.82, 2.24) is 14.8 Å². The monoisotopic (exact) mass is 357 g/mol. The van der Waals surface area contributed by atoms with E-state index in [4.69, 9.17) is 0 Å². The molecule has 0 amide bonds. The highest BCUT2D eigenvalue weighted by molar-refractivity contribution is 7.91. The molecule has 3 heterocycles. The summed E-state index contributed by atoms with van der Waals surface area (Å²) in [5.41, 5.74) is 2.38. The largest absolute Gasteiger partial charge is 0.292 e. The zero-order valence-corrected chi connectivity index (χ0v) is 15.0. The Bertz CT molecular complexity index is 748. The first-order valence-electron chi connectivity index (χ1n) is 8.72. The second-order valence-corrected chi connectivity index (χ2v) is 9.15. The van der Waals surface area contributed by atoms with Gasteiger partial charge in [-0.25, -0.2) is 8.42 Å². The smallest absolute Gasteiger partial charge is 0.153 e. The Morgan fingerprint density at radius 1 is 0.880 bits per heavy atom. The number of aromatic nitrogens is 1. The van der Waals surface area contributed by atoms with Gasteiger partial charge in [0.2, 0.25) is 0 Å². The van der Waals surface area contributed by atoms with Gasteiger partial charge >= 0.3 is 0 Å². The van der Waals surface area contributed by atoms with Gasteiger partial charge in [0, 0.05) is 50.7 Å². The third-order valence-electron chi connectivity index (χ3n) is 5.24. The number of hydrogen-bond acceptors (Lipinski definition) is 5. The van der Waals surface area contributed by atoms with Crippen molar-refractivity contribution in [2.24, 2.45) is 0 Å². The second-order valence-electron chi connectivity index (χ2n) is 7.00. The molecule has 5 nitrogen and oxygen atoms in total. The van der Waals surface area contributed by atoms with Crippen molar-refractivity contribution in [3.63, 3.8) is 0 Å². The van der Waals surface area contributed by atoms with Gasteiger partial charge in [0.25, 0.3) is 0 Å². The molecule has 25 heavy (non-hydrogen) atoms. The molecule has 4 rings (SSSR count). The normalized spacial score (nSPS) is 26.4. The van der Waals surface area contributed by atoms with Crippen LogP contribution in [0.4, 0.5) is 0 Å². The van der Waals surface area contributed by atoms with Gasteiger partial charge in [0.15, 0.2) is 9.84 Å². The van der Waals surface area contributed by atoms with Crippen molar-refractivity contribution in [2.45, 2.75) is 25.2 Å². The molecule has 0 N–H and O–H groups in total. The van der Waals surface area contributed by atoms with Gasteiger partial charge < -0.3 is 0 Å². The molecular weight excluding hydrogens is 334 g/mol. The predicted molar refractivity (Wildman–Crippen MR) is 97.7 cm³/mol. The Morgan fingerprint density at radius 3 is 2.08 bits per heavy atom. The zero-order chi connectivity index (χ0) is 17.3. The van der Waals surface area contributed by atoms with Crippen LogP contribution in [0.15, 0.2) is 54.9 Å². The van der Waals surface area contributed by atoms with E-state index in [9.17, 15) is 8.42 Å². The Labute approximate surface area is 149 Å². The molecule has 2 atom stereocenters. The van der Waals surface area contributed by atoms with Crippen molar-refractivity contribution in [3.05, 3.63) is 66.0 Å². The van der Waals surface area contributed by atoms with E-state index in [1.54, 1.807) is 6.20 Å². The van der Waals surface area contributed by atoms with Crippen molar-refractivity contribution in [2.75, 3.05) is 24.6 Å². The average molecular weight is 357 g/mol. The molecule has 2 aromatic rings. The van der Waals surface area contributed by atoms with Crippen LogP contribution in [-0.2, 0) is 22.9 Å². The van der Waals surface area contributed by atoms with Gasteiger partial charge in [-0.1, -0.05) is 36.4 Å². The maximum absolute atomic E-state index is 12.3. The SMILES string of the molecule is O=S1(=O)C[C@@H]2[C@H](C1)N(Cc1ccccc1)CCN2Cc1cccnc1. The van der Waals surface area contributed by atoms with Gasteiger partial charge in [-0.05, 0) is 17.2 Å². The lowest BCUT2D eigenvalue weighted by molar-refractivity contribution is 0.0354. The lowest BCUT2D eigenvalue weighted by atomic mass is 10.0. The first-order valence-corrected chi connectivity index (χ1v) is 10.5. The summed E-state index contributed by atoms with van der Waals surface area (Å²) in [6.45, 7) is 3.37. The fourth-order valence-corrected chi connectivity index (χ4v) is 6.08. The van der Waals surface area contributed by atoms with E-state index < -0.39 is 9.84 Å². The number of hydrogen-bond donors (Lipinski definition) is 0. The number of fused-ring (bicyclic) bond motifs is 1. The van der Waals surface area contributed by atoms with Crippen molar-refractivity contribution >= 4 is 9.84 Å². The molecule has 1 aromatic heterocycles. The van der Waals surface area contributed by atoms with Crippen molar-refractivity contribution < 1.29 is 8.42 Å². The second kappa shape index (κ2) is 6.86. The van der Waals surface area contributed by atoms with Crippen LogP contribution < -0.4 is 0 Å². The van der Waals surface area contributed by atoms with E-state index in [1.807, 2.05) is 30.5 Å². The predicted octanol–water partition coefficient (Wildman–Crippen LogP) is 1.56. The van der Waals surface area contributed by atoms with E-state index in [0.29, 0.717) is 0 Å². The third kappa shape index (κ3) is 3.76. The minimum atomic E-state index is -2.98. The lowest BCUT2D eigenvalue weighted by Crippen LogP contribution is -2.58. The first-order chi connectivity index (χ1) is 12.1. The molecule has 2 fully saturated rings. The molecule has 0 bridgehead atoms. The Hall–Kier alpha value is -1.76. The average Bonchev–Trinajstić information content (AvgIpc) is 2.95. The Balaban J connectivity index is 1.53. The molecule has 6 heteroatoms. The summed E-state index contributed by atoms with van der Waals surface area (Å²) in [6.07, 6.45) is 3.64. The standard InChI is InChI=1S/C19H23N3O2S/c23-25(24)14-18-19(15-25)22(13-17-7-4-8-20-11-17)10-9-21(18)12-16-5-2-1-3-6-16/h1-8,11,18-19H,9-10,12-15H2/t18-,19+/m0/s1. The summed E-state index contributed by atoms with van der Waals surface area (Å²) in [6, 6.07) is 14.5. The Morgan fingerprint density at radius 2 is 1.48 bits per heavy atom. The van der Waals surface area contributed by atoms with Gasteiger partial charge in [-0.15, -0.1) is 0 Å². The van der Waals surface area contributed by atoms with Crippen LogP contribution in [0.1, 0.15) is 11.1 Å². The molecule has 132 valence electrons. The molecular formula is C19H23N3O2S. The van der Waals surface area contributed by atoms with E-state index in [1.165, 1.54) is 5.56 Å². The summed E-state index contributed by atoms with van der Waals surface area (Å²) in [4.78, 5) is 8.86. The van der Waals surface area contributed by atoms with Crippen LogP contribution in [0.2, 0.25) is 0 Å². The molecule has 2 saturated heterocycles. The highest BCUT2D eigenvalue weighted by Gasteiger charge is 2.46. The molecule has 2 aliphatic heterocycles. The lowest BCUT2D eigenvalue weighted by Gasteiger charge is -2.44. The number of rotatable bonds is 4. The fourth-order valence-electron chi connectivity index (χ4n) is 4.03. The van der Waals surface area contributed by atoms with E-state index in [-0.39, 0.29) is 23.6 Å². The third-order valence-corrected chi connectivity index (χ3v) is 6.94. The van der Waals surface area contributed by atoms with Crippen LogP contribution in [0.5, 0.6) is 0 Å². The van der Waals surface area contributed by atoms with Gasteiger partial charge in [-0.2, -0.15) is 0 Å². The molecule has 0 saturated carbocycles. The number of sulfone groups is 1. The summed E-state index contributed by atoms with van der Waals surface area (Å²) in [7, 11) is -2.98. The summed E-state index contributed by atoms with van der Waals surface area (Å²) in [5, 5.41) is 0. The molecule has 2 aliphatic rings. The number of piperazine rings is 1. The molecule has 0 spiro atoms. The van der Waals surface area contributed by atoms with E-state index in [2.05, 4.69) is 33.0 Å². The number of nitrogens with zero attached hydrogens (tertiary/aromatic N) is 3. The van der Waals surface area contributed by atoms with Crippen molar-refractivity contribution in [1.29, 1.82) is 0 Å². The number of pyridine rings is 1. The fraction of sp³-hybridized carbons (Fsp3) is 0.421. The molecule has 0 aliphatic carbocycles. The first kappa shape index (κ1) is 16.7. The Kier molecular flexibility index (Phi) is 4.58. The van der Waals surface area contributed by atoms with Crippen LogP contribution in [0, 0.1) is 0 Å². The van der Waals surface area contributed by atoms with Gasteiger partial charge in [0.05, 0.1) is 11.5 Å². The van der Waals surface area contributed by atoms with Crippen LogP contribution in [0.25, 0.3) is 0 Å². The van der Waals surface area contributed by atoms with Gasteiger partial charge in [0.1, 0.15) is 0 Å². The van der Waals surface area contributed by atoms with Crippen LogP contribution in [-0.4, -0.2) is 59.9 Å².